The van der Waals surface area contributed by atoms with Crippen LogP contribution in [0.2, 0.25) is 0 Å². The number of nitrogens with one attached hydrogen (secondary N) is 1. The van der Waals surface area contributed by atoms with E-state index in [0.717, 1.165) is 6.42 Å². The Kier molecular flexibility index (Phi) is 5.36. The zero-order valence-electron chi connectivity index (χ0n) is 13.4. The van der Waals surface area contributed by atoms with Crippen LogP contribution in [0, 0.1) is 11.7 Å². The van der Waals surface area contributed by atoms with Crippen molar-refractivity contribution in [1.29, 1.82) is 0 Å². The van der Waals surface area contributed by atoms with Gasteiger partial charge in [-0.15, -0.1) is 0 Å². The van der Waals surface area contributed by atoms with Gasteiger partial charge in [0.1, 0.15) is 0 Å². The van der Waals surface area contributed by atoms with Crippen molar-refractivity contribution in [3.63, 3.8) is 0 Å². The molecule has 1 aromatic carbocycles. The SMILES string of the molecule is O=C(CCC1CCCC1)Nc1cnc(Oc2ccccc2F)nc1. The molecule has 1 N–H and O–H groups in total. The first-order chi connectivity index (χ1) is 11.7. The van der Waals surface area contributed by atoms with Crippen LogP contribution >= 0.6 is 0 Å². The fourth-order valence-electron chi connectivity index (χ4n) is 2.92. The minimum Gasteiger partial charge on any atom is -0.421 e. The molecule has 5 nitrogen and oxygen atoms in total. The molecular formula is C18H20FN3O2. The van der Waals surface area contributed by atoms with Crippen LogP contribution in [0.15, 0.2) is 36.7 Å². The molecule has 0 radical (unpaired) electrons. The largest absolute Gasteiger partial charge is 0.421 e. The number of amides is 1. The second kappa shape index (κ2) is 7.86. The van der Waals surface area contributed by atoms with E-state index in [-0.39, 0.29) is 17.7 Å². The van der Waals surface area contributed by atoms with Gasteiger partial charge in [-0.05, 0) is 24.5 Å². The number of halogens is 1. The van der Waals surface area contributed by atoms with Crippen molar-refractivity contribution in [3.05, 3.63) is 42.5 Å². The molecule has 1 aromatic heterocycles. The molecule has 1 amide bonds. The Labute approximate surface area is 140 Å². The first kappa shape index (κ1) is 16.4. The average Bonchev–Trinajstić information content (AvgIpc) is 3.10. The van der Waals surface area contributed by atoms with E-state index in [1.54, 1.807) is 12.1 Å². The van der Waals surface area contributed by atoms with Gasteiger partial charge in [0, 0.05) is 6.42 Å². The van der Waals surface area contributed by atoms with Crippen molar-refractivity contribution in [1.82, 2.24) is 9.97 Å². The number of rotatable bonds is 6. The van der Waals surface area contributed by atoms with E-state index in [2.05, 4.69) is 15.3 Å². The molecule has 3 rings (SSSR count). The number of para-hydroxylation sites is 1. The predicted molar refractivity (Wildman–Crippen MR) is 88.3 cm³/mol. The Morgan fingerprint density at radius 3 is 2.62 bits per heavy atom. The van der Waals surface area contributed by atoms with Crippen molar-refractivity contribution < 1.29 is 13.9 Å². The van der Waals surface area contributed by atoms with E-state index in [4.69, 9.17) is 4.74 Å². The number of ether oxygens (including phenoxy) is 1. The minimum absolute atomic E-state index is 0.0315. The maximum Gasteiger partial charge on any atom is 0.322 e. The second-order valence-electron chi connectivity index (χ2n) is 6.02. The molecule has 0 bridgehead atoms. The van der Waals surface area contributed by atoms with Crippen LogP contribution in [0.5, 0.6) is 11.8 Å². The highest BCUT2D eigenvalue weighted by atomic mass is 19.1. The van der Waals surface area contributed by atoms with Gasteiger partial charge in [0.2, 0.25) is 5.91 Å². The van der Waals surface area contributed by atoms with Crippen LogP contribution in [0.1, 0.15) is 38.5 Å². The Morgan fingerprint density at radius 2 is 1.92 bits per heavy atom. The summed E-state index contributed by atoms with van der Waals surface area (Å²) >= 11 is 0. The summed E-state index contributed by atoms with van der Waals surface area (Å²) in [6, 6.07) is 6.07. The van der Waals surface area contributed by atoms with E-state index in [1.807, 2.05) is 0 Å². The monoisotopic (exact) mass is 329 g/mol. The van der Waals surface area contributed by atoms with Gasteiger partial charge in [0.15, 0.2) is 11.6 Å². The van der Waals surface area contributed by atoms with E-state index in [0.29, 0.717) is 18.0 Å². The summed E-state index contributed by atoms with van der Waals surface area (Å²) in [6.07, 6.45) is 9.39. The Morgan fingerprint density at radius 1 is 1.21 bits per heavy atom. The number of carbonyl (C=O) groups excluding carboxylic acids is 1. The molecule has 1 aliphatic rings. The van der Waals surface area contributed by atoms with Crippen LogP contribution in [0.3, 0.4) is 0 Å². The van der Waals surface area contributed by atoms with Gasteiger partial charge < -0.3 is 10.1 Å². The number of hydrogen-bond donors (Lipinski definition) is 1. The lowest BCUT2D eigenvalue weighted by atomic mass is 10.0. The third kappa shape index (κ3) is 4.50. The second-order valence-corrected chi connectivity index (χ2v) is 6.02. The first-order valence-electron chi connectivity index (χ1n) is 8.25. The summed E-state index contributed by atoms with van der Waals surface area (Å²) in [5, 5.41) is 2.77. The zero-order valence-corrected chi connectivity index (χ0v) is 13.4. The molecule has 24 heavy (non-hydrogen) atoms. The molecule has 126 valence electrons. The van der Waals surface area contributed by atoms with Crippen LogP contribution in [0.4, 0.5) is 10.1 Å². The smallest absolute Gasteiger partial charge is 0.322 e. The number of nitrogens with zero attached hydrogens (tertiary/aromatic N) is 2. The Hall–Kier alpha value is -2.50. The fraction of sp³-hybridized carbons (Fsp3) is 0.389. The molecule has 1 heterocycles. The highest BCUT2D eigenvalue weighted by Gasteiger charge is 2.16. The molecule has 1 aliphatic carbocycles. The fourth-order valence-corrected chi connectivity index (χ4v) is 2.92. The van der Waals surface area contributed by atoms with Crippen molar-refractivity contribution in [3.8, 4) is 11.8 Å². The van der Waals surface area contributed by atoms with Crippen molar-refractivity contribution in [2.45, 2.75) is 38.5 Å². The molecule has 0 aliphatic heterocycles. The first-order valence-corrected chi connectivity index (χ1v) is 8.25. The highest BCUT2D eigenvalue weighted by molar-refractivity contribution is 5.90. The quantitative estimate of drug-likeness (QED) is 0.857. The molecule has 0 spiro atoms. The molecule has 2 aromatic rings. The maximum atomic E-state index is 13.5. The number of benzene rings is 1. The lowest BCUT2D eigenvalue weighted by Gasteiger charge is -2.09. The summed E-state index contributed by atoms with van der Waals surface area (Å²) in [5.41, 5.74) is 0.507. The molecule has 0 atom stereocenters. The molecule has 1 saturated carbocycles. The van der Waals surface area contributed by atoms with Crippen LogP contribution < -0.4 is 10.1 Å². The van der Waals surface area contributed by atoms with Gasteiger partial charge in [-0.2, -0.15) is 0 Å². The summed E-state index contributed by atoms with van der Waals surface area (Å²) < 4.78 is 18.8. The Bertz CT molecular complexity index is 685. The van der Waals surface area contributed by atoms with E-state index in [9.17, 15) is 9.18 Å². The van der Waals surface area contributed by atoms with E-state index < -0.39 is 5.82 Å². The molecule has 1 fully saturated rings. The normalized spacial score (nSPS) is 14.5. The number of hydrogen-bond acceptors (Lipinski definition) is 4. The van der Waals surface area contributed by atoms with Crippen LogP contribution in [-0.2, 0) is 4.79 Å². The summed E-state index contributed by atoms with van der Waals surface area (Å²) in [6.45, 7) is 0. The number of anilines is 1. The summed E-state index contributed by atoms with van der Waals surface area (Å²) in [4.78, 5) is 19.9. The van der Waals surface area contributed by atoms with Gasteiger partial charge in [0.05, 0.1) is 18.1 Å². The van der Waals surface area contributed by atoms with Crippen molar-refractivity contribution in [2.24, 2.45) is 5.92 Å². The van der Waals surface area contributed by atoms with Gasteiger partial charge in [-0.25, -0.2) is 14.4 Å². The van der Waals surface area contributed by atoms with Gasteiger partial charge in [-0.1, -0.05) is 37.8 Å². The number of carbonyl (C=O) groups is 1. The van der Waals surface area contributed by atoms with Crippen LogP contribution in [0.25, 0.3) is 0 Å². The van der Waals surface area contributed by atoms with E-state index in [1.165, 1.54) is 50.2 Å². The topological polar surface area (TPSA) is 64.1 Å². The summed E-state index contributed by atoms with van der Waals surface area (Å²) in [5.74, 6) is 0.230. The third-order valence-electron chi connectivity index (χ3n) is 4.20. The van der Waals surface area contributed by atoms with Crippen LogP contribution in [-0.4, -0.2) is 15.9 Å². The Balaban J connectivity index is 1.50. The molecule has 0 saturated heterocycles. The van der Waals surface area contributed by atoms with Crippen molar-refractivity contribution >= 4 is 11.6 Å². The maximum absolute atomic E-state index is 13.5. The molecular weight excluding hydrogens is 309 g/mol. The van der Waals surface area contributed by atoms with Gasteiger partial charge >= 0.3 is 6.01 Å². The van der Waals surface area contributed by atoms with Gasteiger partial charge in [0.25, 0.3) is 0 Å². The average molecular weight is 329 g/mol. The highest BCUT2D eigenvalue weighted by Crippen LogP contribution is 2.28. The lowest BCUT2D eigenvalue weighted by Crippen LogP contribution is -2.13. The summed E-state index contributed by atoms with van der Waals surface area (Å²) in [7, 11) is 0. The van der Waals surface area contributed by atoms with Gasteiger partial charge in [-0.3, -0.25) is 4.79 Å². The standard InChI is InChI=1S/C18H20FN3O2/c19-15-7-3-4-8-16(15)24-18-20-11-14(12-21-18)22-17(23)10-9-13-5-1-2-6-13/h3-4,7-8,11-13H,1-2,5-6,9-10H2,(H,22,23). The lowest BCUT2D eigenvalue weighted by molar-refractivity contribution is -0.116. The zero-order chi connectivity index (χ0) is 16.8. The number of aromatic nitrogens is 2. The minimum atomic E-state index is -0.481. The predicted octanol–water partition coefficient (Wildman–Crippen LogP) is 4.32. The molecule has 6 heteroatoms. The van der Waals surface area contributed by atoms with E-state index >= 15 is 0 Å². The van der Waals surface area contributed by atoms with Crippen molar-refractivity contribution in [2.75, 3.05) is 5.32 Å². The molecule has 0 unspecified atom stereocenters. The third-order valence-corrected chi connectivity index (χ3v) is 4.20.